The highest BCUT2D eigenvalue weighted by atomic mass is 15.1. The molecular weight excluding hydrogens is 138 g/mol. The molecule has 0 bridgehead atoms. The highest BCUT2D eigenvalue weighted by molar-refractivity contribution is 5.08. The first kappa shape index (κ1) is 10.4. The van der Waals surface area contributed by atoms with Crippen molar-refractivity contribution in [2.75, 3.05) is 14.1 Å². The number of nitrogens with two attached hydrogens (primary N) is 1. The second-order valence-electron chi connectivity index (χ2n) is 3.28. The summed E-state index contributed by atoms with van der Waals surface area (Å²) in [6, 6.07) is 2.24. The van der Waals surface area contributed by atoms with Gasteiger partial charge in [0.2, 0.25) is 0 Å². The molecule has 64 valence electrons. The lowest BCUT2D eigenvalue weighted by molar-refractivity contribution is 0.219. The zero-order valence-corrected chi connectivity index (χ0v) is 7.76. The molecule has 0 heterocycles. The Balaban J connectivity index is 4.39. The van der Waals surface area contributed by atoms with E-state index in [2.05, 4.69) is 6.07 Å². The van der Waals surface area contributed by atoms with Gasteiger partial charge in [-0.15, -0.1) is 0 Å². The number of nitriles is 1. The van der Waals surface area contributed by atoms with E-state index in [1.54, 1.807) is 6.92 Å². The molecule has 2 N–H and O–H groups in total. The summed E-state index contributed by atoms with van der Waals surface area (Å²) in [5.41, 5.74) is 5.03. The van der Waals surface area contributed by atoms with Crippen molar-refractivity contribution in [3.8, 4) is 6.07 Å². The Morgan fingerprint density at radius 3 is 2.18 bits per heavy atom. The minimum atomic E-state index is -0.738. The molecule has 0 saturated heterocycles. The first-order valence-electron chi connectivity index (χ1n) is 3.82. The van der Waals surface area contributed by atoms with Gasteiger partial charge in [-0.2, -0.15) is 5.26 Å². The maximum atomic E-state index is 8.74. The summed E-state index contributed by atoms with van der Waals surface area (Å²) in [6.45, 7) is 3.80. The SMILES string of the molecule is CCC(N(C)C)C(C)(N)C#N. The monoisotopic (exact) mass is 155 g/mol. The molecule has 3 nitrogen and oxygen atoms in total. The van der Waals surface area contributed by atoms with Crippen LogP contribution in [0, 0.1) is 11.3 Å². The summed E-state index contributed by atoms with van der Waals surface area (Å²) < 4.78 is 0. The smallest absolute Gasteiger partial charge is 0.117 e. The molecule has 0 aromatic rings. The van der Waals surface area contributed by atoms with Crippen molar-refractivity contribution in [2.24, 2.45) is 5.73 Å². The molecule has 0 saturated carbocycles. The third kappa shape index (κ3) is 2.49. The Labute approximate surface area is 68.8 Å². The molecule has 0 amide bonds. The number of likely N-dealkylation sites (N-methyl/N-ethyl adjacent to an activating group) is 1. The average Bonchev–Trinajstić information content (AvgIpc) is 1.88. The van der Waals surface area contributed by atoms with Gasteiger partial charge in [-0.05, 0) is 27.4 Å². The van der Waals surface area contributed by atoms with Gasteiger partial charge in [0, 0.05) is 6.04 Å². The van der Waals surface area contributed by atoms with E-state index in [4.69, 9.17) is 11.0 Å². The van der Waals surface area contributed by atoms with Gasteiger partial charge in [-0.25, -0.2) is 0 Å². The molecule has 0 aromatic carbocycles. The Kier molecular flexibility index (Phi) is 3.50. The fourth-order valence-corrected chi connectivity index (χ4v) is 1.40. The van der Waals surface area contributed by atoms with Crippen LogP contribution in [0.3, 0.4) is 0 Å². The molecule has 3 heteroatoms. The standard InChI is InChI=1S/C8H17N3/c1-5-7(11(3)4)8(2,10)6-9/h7H,5,10H2,1-4H3. The van der Waals surface area contributed by atoms with E-state index in [0.29, 0.717) is 0 Å². The van der Waals surface area contributed by atoms with Crippen LogP contribution in [0.4, 0.5) is 0 Å². The summed E-state index contributed by atoms with van der Waals surface area (Å²) >= 11 is 0. The summed E-state index contributed by atoms with van der Waals surface area (Å²) in [7, 11) is 3.88. The molecule has 0 fully saturated rings. The first-order valence-corrected chi connectivity index (χ1v) is 3.82. The van der Waals surface area contributed by atoms with Crippen LogP contribution in [0.2, 0.25) is 0 Å². The van der Waals surface area contributed by atoms with Crippen molar-refractivity contribution >= 4 is 0 Å². The van der Waals surface area contributed by atoms with E-state index in [1.807, 2.05) is 25.9 Å². The molecule has 0 aromatic heterocycles. The van der Waals surface area contributed by atoms with Crippen molar-refractivity contribution in [1.29, 1.82) is 5.26 Å². The quantitative estimate of drug-likeness (QED) is 0.648. The molecule has 0 aliphatic carbocycles. The Hall–Kier alpha value is -0.590. The van der Waals surface area contributed by atoms with Gasteiger partial charge in [0.1, 0.15) is 5.54 Å². The number of hydrogen-bond donors (Lipinski definition) is 1. The predicted molar refractivity (Wildman–Crippen MR) is 46.0 cm³/mol. The third-order valence-corrected chi connectivity index (χ3v) is 1.94. The second kappa shape index (κ2) is 3.70. The van der Waals surface area contributed by atoms with Crippen LogP contribution < -0.4 is 5.73 Å². The molecule has 0 rings (SSSR count). The van der Waals surface area contributed by atoms with E-state index < -0.39 is 5.54 Å². The van der Waals surface area contributed by atoms with Crippen LogP contribution in [0.25, 0.3) is 0 Å². The maximum absolute atomic E-state index is 8.74. The first-order chi connectivity index (χ1) is 4.95. The van der Waals surface area contributed by atoms with Crippen molar-refractivity contribution in [2.45, 2.75) is 31.8 Å². The van der Waals surface area contributed by atoms with Gasteiger partial charge in [0.05, 0.1) is 6.07 Å². The summed E-state index contributed by atoms with van der Waals surface area (Å²) in [5, 5.41) is 8.74. The fraction of sp³-hybridized carbons (Fsp3) is 0.875. The highest BCUT2D eigenvalue weighted by Crippen LogP contribution is 2.12. The molecule has 2 atom stereocenters. The highest BCUT2D eigenvalue weighted by Gasteiger charge is 2.29. The van der Waals surface area contributed by atoms with Gasteiger partial charge < -0.3 is 10.6 Å². The van der Waals surface area contributed by atoms with E-state index in [-0.39, 0.29) is 6.04 Å². The number of hydrogen-bond acceptors (Lipinski definition) is 3. The largest absolute Gasteiger partial charge is 0.312 e. The zero-order chi connectivity index (χ0) is 9.07. The van der Waals surface area contributed by atoms with E-state index in [0.717, 1.165) is 6.42 Å². The Morgan fingerprint density at radius 2 is 2.09 bits per heavy atom. The molecule has 0 radical (unpaired) electrons. The third-order valence-electron chi connectivity index (χ3n) is 1.94. The van der Waals surface area contributed by atoms with Gasteiger partial charge in [-0.1, -0.05) is 6.92 Å². The minimum absolute atomic E-state index is 0.132. The number of rotatable bonds is 3. The molecular formula is C8H17N3. The lowest BCUT2D eigenvalue weighted by atomic mass is 9.92. The summed E-state index contributed by atoms with van der Waals surface area (Å²) in [4.78, 5) is 1.99. The summed E-state index contributed by atoms with van der Waals surface area (Å²) in [6.07, 6.45) is 0.896. The van der Waals surface area contributed by atoms with Crippen molar-refractivity contribution in [3.05, 3.63) is 0 Å². The Morgan fingerprint density at radius 1 is 1.64 bits per heavy atom. The Bertz CT molecular complexity index is 155. The van der Waals surface area contributed by atoms with Crippen molar-refractivity contribution in [1.82, 2.24) is 4.90 Å². The van der Waals surface area contributed by atoms with Crippen LogP contribution >= 0.6 is 0 Å². The van der Waals surface area contributed by atoms with Gasteiger partial charge in [0.15, 0.2) is 0 Å². The van der Waals surface area contributed by atoms with Gasteiger partial charge >= 0.3 is 0 Å². The maximum Gasteiger partial charge on any atom is 0.117 e. The average molecular weight is 155 g/mol. The molecule has 2 unspecified atom stereocenters. The molecule has 11 heavy (non-hydrogen) atoms. The van der Waals surface area contributed by atoms with Crippen molar-refractivity contribution in [3.63, 3.8) is 0 Å². The number of nitrogens with zero attached hydrogens (tertiary/aromatic N) is 2. The van der Waals surface area contributed by atoms with Crippen LogP contribution in [0.5, 0.6) is 0 Å². The van der Waals surface area contributed by atoms with Gasteiger partial charge in [0.25, 0.3) is 0 Å². The van der Waals surface area contributed by atoms with Crippen LogP contribution in [0.1, 0.15) is 20.3 Å². The van der Waals surface area contributed by atoms with E-state index in [1.165, 1.54) is 0 Å². The second-order valence-corrected chi connectivity index (χ2v) is 3.28. The van der Waals surface area contributed by atoms with E-state index in [9.17, 15) is 0 Å². The topological polar surface area (TPSA) is 53.0 Å². The van der Waals surface area contributed by atoms with E-state index >= 15 is 0 Å². The van der Waals surface area contributed by atoms with Gasteiger partial charge in [-0.3, -0.25) is 0 Å². The summed E-state index contributed by atoms with van der Waals surface area (Å²) in [5.74, 6) is 0. The van der Waals surface area contributed by atoms with Crippen molar-refractivity contribution < 1.29 is 0 Å². The fourth-order valence-electron chi connectivity index (χ4n) is 1.40. The van der Waals surface area contributed by atoms with Crippen LogP contribution in [-0.2, 0) is 0 Å². The molecule has 0 aliphatic rings. The normalized spacial score (nSPS) is 19.0. The predicted octanol–water partition coefficient (Wildman–Crippen LogP) is 0.568. The molecule has 0 spiro atoms. The lowest BCUT2D eigenvalue weighted by Gasteiger charge is -2.32. The lowest BCUT2D eigenvalue weighted by Crippen LogP contribution is -2.53. The minimum Gasteiger partial charge on any atom is -0.312 e. The zero-order valence-electron chi connectivity index (χ0n) is 7.76. The van der Waals surface area contributed by atoms with Crippen LogP contribution in [-0.4, -0.2) is 30.6 Å². The molecule has 0 aliphatic heterocycles. The van der Waals surface area contributed by atoms with Crippen LogP contribution in [0.15, 0.2) is 0 Å².